The van der Waals surface area contributed by atoms with Gasteiger partial charge in [0, 0.05) is 37.6 Å². The van der Waals surface area contributed by atoms with Crippen LogP contribution in [0.2, 0.25) is 0 Å². The minimum atomic E-state index is -0.239. The molecule has 1 aliphatic heterocycles. The molecule has 5 nitrogen and oxygen atoms in total. The topological polar surface area (TPSA) is 44.8 Å². The lowest BCUT2D eigenvalue weighted by Crippen LogP contribution is -2.50. The van der Waals surface area contributed by atoms with Gasteiger partial charge in [-0.15, -0.1) is 0 Å². The van der Waals surface area contributed by atoms with Crippen molar-refractivity contribution in [3.05, 3.63) is 54.3 Å². The van der Waals surface area contributed by atoms with Crippen molar-refractivity contribution in [1.29, 1.82) is 0 Å². The molecule has 0 aliphatic carbocycles. The summed E-state index contributed by atoms with van der Waals surface area (Å²) >= 11 is 0. The van der Waals surface area contributed by atoms with E-state index in [0.717, 1.165) is 30.2 Å². The lowest BCUT2D eigenvalue weighted by atomic mass is 10.2. The molecule has 2 aromatic rings. The predicted octanol–water partition coefficient (Wildman–Crippen LogP) is 3.58. The van der Waals surface area contributed by atoms with Crippen molar-refractivity contribution >= 4 is 17.4 Å². The van der Waals surface area contributed by atoms with Crippen LogP contribution in [-0.4, -0.2) is 43.7 Å². The van der Waals surface area contributed by atoms with Gasteiger partial charge in [-0.3, -0.25) is 0 Å². The third kappa shape index (κ3) is 4.41. The van der Waals surface area contributed by atoms with Gasteiger partial charge in [0.1, 0.15) is 11.6 Å². The molecule has 1 fully saturated rings. The van der Waals surface area contributed by atoms with E-state index in [2.05, 4.69) is 10.2 Å². The molecule has 3 rings (SSSR count). The molecule has 0 spiro atoms. The fraction of sp³-hybridized carbons (Fsp3) is 0.316. The molecule has 2 aromatic carbocycles. The summed E-state index contributed by atoms with van der Waals surface area (Å²) < 4.78 is 18.4. The second-order valence-electron chi connectivity index (χ2n) is 5.84. The molecule has 6 heteroatoms. The number of amides is 2. The van der Waals surface area contributed by atoms with Crippen molar-refractivity contribution in [2.45, 2.75) is 6.92 Å². The van der Waals surface area contributed by atoms with Crippen LogP contribution < -0.4 is 15.0 Å². The quantitative estimate of drug-likeness (QED) is 0.923. The second-order valence-corrected chi connectivity index (χ2v) is 5.84. The van der Waals surface area contributed by atoms with E-state index in [1.807, 2.05) is 31.2 Å². The van der Waals surface area contributed by atoms with Crippen LogP contribution in [0.3, 0.4) is 0 Å². The van der Waals surface area contributed by atoms with Gasteiger partial charge in [-0.2, -0.15) is 0 Å². The fourth-order valence-electron chi connectivity index (χ4n) is 2.82. The number of benzene rings is 2. The Labute approximate surface area is 147 Å². The number of rotatable bonds is 4. The second kappa shape index (κ2) is 7.88. The molecule has 0 unspecified atom stereocenters. The Balaban J connectivity index is 1.51. The van der Waals surface area contributed by atoms with E-state index < -0.39 is 0 Å². The lowest BCUT2D eigenvalue weighted by molar-refractivity contribution is 0.208. The van der Waals surface area contributed by atoms with Gasteiger partial charge in [-0.05, 0) is 55.5 Å². The van der Waals surface area contributed by atoms with Gasteiger partial charge in [-0.1, -0.05) is 0 Å². The molecule has 1 saturated heterocycles. The van der Waals surface area contributed by atoms with Gasteiger partial charge in [0.15, 0.2) is 0 Å². The van der Waals surface area contributed by atoms with Crippen LogP contribution in [-0.2, 0) is 0 Å². The van der Waals surface area contributed by atoms with Crippen LogP contribution in [0.15, 0.2) is 48.5 Å². The molecule has 1 heterocycles. The highest BCUT2D eigenvalue weighted by Crippen LogP contribution is 2.19. The molecule has 25 heavy (non-hydrogen) atoms. The molecular weight excluding hydrogens is 321 g/mol. The van der Waals surface area contributed by atoms with E-state index in [1.54, 1.807) is 17.0 Å². The summed E-state index contributed by atoms with van der Waals surface area (Å²) in [6.45, 7) is 5.25. The predicted molar refractivity (Wildman–Crippen MR) is 96.8 cm³/mol. The van der Waals surface area contributed by atoms with Crippen LogP contribution in [0.25, 0.3) is 0 Å². The van der Waals surface area contributed by atoms with Gasteiger partial charge >= 0.3 is 6.03 Å². The minimum Gasteiger partial charge on any atom is -0.494 e. The number of carbonyl (C=O) groups excluding carboxylic acids is 1. The minimum absolute atomic E-state index is 0.108. The van der Waals surface area contributed by atoms with Crippen molar-refractivity contribution in [3.63, 3.8) is 0 Å². The summed E-state index contributed by atoms with van der Waals surface area (Å²) in [5, 5.41) is 2.91. The fourth-order valence-corrected chi connectivity index (χ4v) is 2.82. The number of ether oxygens (including phenoxy) is 1. The molecule has 1 N–H and O–H groups in total. The summed E-state index contributed by atoms with van der Waals surface area (Å²) in [5.41, 5.74) is 1.72. The van der Waals surface area contributed by atoms with Crippen LogP contribution >= 0.6 is 0 Å². The molecule has 0 bridgehead atoms. The Morgan fingerprint density at radius 1 is 1.04 bits per heavy atom. The van der Waals surface area contributed by atoms with E-state index in [9.17, 15) is 9.18 Å². The van der Waals surface area contributed by atoms with E-state index in [1.165, 1.54) is 12.1 Å². The average Bonchev–Trinajstić information content (AvgIpc) is 2.64. The maximum Gasteiger partial charge on any atom is 0.321 e. The lowest BCUT2D eigenvalue weighted by Gasteiger charge is -2.36. The summed E-state index contributed by atoms with van der Waals surface area (Å²) in [6.07, 6.45) is 0. The molecule has 0 radical (unpaired) electrons. The van der Waals surface area contributed by atoms with Gasteiger partial charge in [0.05, 0.1) is 6.61 Å². The van der Waals surface area contributed by atoms with Crippen molar-refractivity contribution in [1.82, 2.24) is 4.90 Å². The van der Waals surface area contributed by atoms with Crippen LogP contribution in [0.4, 0.5) is 20.6 Å². The van der Waals surface area contributed by atoms with Crippen LogP contribution in [0.1, 0.15) is 6.92 Å². The highest BCUT2D eigenvalue weighted by Gasteiger charge is 2.21. The summed E-state index contributed by atoms with van der Waals surface area (Å²) in [6, 6.07) is 13.7. The normalized spacial score (nSPS) is 14.3. The number of hydrogen-bond donors (Lipinski definition) is 1. The highest BCUT2D eigenvalue weighted by molar-refractivity contribution is 5.89. The Bertz CT molecular complexity index is 696. The van der Waals surface area contributed by atoms with E-state index >= 15 is 0 Å². The van der Waals surface area contributed by atoms with Gasteiger partial charge < -0.3 is 19.9 Å². The molecule has 132 valence electrons. The number of nitrogens with one attached hydrogen (secondary N) is 1. The van der Waals surface area contributed by atoms with Gasteiger partial charge in [0.25, 0.3) is 0 Å². The standard InChI is InChI=1S/C19H22FN3O2/c1-2-25-18-9-5-16(6-10-18)21-19(24)23-13-11-22(12-14-23)17-7-3-15(20)4-8-17/h3-10H,2,11-14H2,1H3,(H,21,24). The number of urea groups is 1. The number of hydrogen-bond acceptors (Lipinski definition) is 3. The van der Waals surface area contributed by atoms with Crippen molar-refractivity contribution in [2.24, 2.45) is 0 Å². The molecule has 1 aliphatic rings. The third-order valence-corrected chi connectivity index (χ3v) is 4.18. The summed E-state index contributed by atoms with van der Waals surface area (Å²) in [5.74, 6) is 0.547. The van der Waals surface area contributed by atoms with Crippen LogP contribution in [0, 0.1) is 5.82 Å². The van der Waals surface area contributed by atoms with Crippen LogP contribution in [0.5, 0.6) is 5.75 Å². The SMILES string of the molecule is CCOc1ccc(NC(=O)N2CCN(c3ccc(F)cc3)CC2)cc1. The maximum absolute atomic E-state index is 13.0. The molecular formula is C19H22FN3O2. The largest absolute Gasteiger partial charge is 0.494 e. The zero-order valence-corrected chi connectivity index (χ0v) is 14.2. The van der Waals surface area contributed by atoms with Gasteiger partial charge in [0.2, 0.25) is 0 Å². The number of anilines is 2. The number of carbonyl (C=O) groups is 1. The van der Waals surface area contributed by atoms with E-state index in [0.29, 0.717) is 19.7 Å². The Hall–Kier alpha value is -2.76. The van der Waals surface area contributed by atoms with Crippen molar-refractivity contribution in [3.8, 4) is 5.75 Å². The first-order valence-corrected chi connectivity index (χ1v) is 8.45. The first kappa shape index (κ1) is 17.1. The zero-order valence-electron chi connectivity index (χ0n) is 14.2. The molecule has 0 saturated carbocycles. The third-order valence-electron chi connectivity index (χ3n) is 4.18. The first-order valence-electron chi connectivity index (χ1n) is 8.45. The molecule has 0 aromatic heterocycles. The molecule has 0 atom stereocenters. The van der Waals surface area contributed by atoms with Crippen molar-refractivity contribution < 1.29 is 13.9 Å². The maximum atomic E-state index is 13.0. The monoisotopic (exact) mass is 343 g/mol. The molecule has 2 amide bonds. The number of nitrogens with zero attached hydrogens (tertiary/aromatic N) is 2. The number of piperazine rings is 1. The highest BCUT2D eigenvalue weighted by atomic mass is 19.1. The van der Waals surface area contributed by atoms with Gasteiger partial charge in [-0.25, -0.2) is 9.18 Å². The smallest absolute Gasteiger partial charge is 0.321 e. The Morgan fingerprint density at radius 3 is 2.28 bits per heavy atom. The Morgan fingerprint density at radius 2 is 1.68 bits per heavy atom. The average molecular weight is 343 g/mol. The Kier molecular flexibility index (Phi) is 5.38. The summed E-state index contributed by atoms with van der Waals surface area (Å²) in [7, 11) is 0. The van der Waals surface area contributed by atoms with E-state index in [4.69, 9.17) is 4.74 Å². The summed E-state index contributed by atoms with van der Waals surface area (Å²) in [4.78, 5) is 16.3. The number of halogens is 1. The van der Waals surface area contributed by atoms with Crippen molar-refractivity contribution in [2.75, 3.05) is 43.0 Å². The first-order chi connectivity index (χ1) is 12.2. The van der Waals surface area contributed by atoms with E-state index in [-0.39, 0.29) is 11.8 Å². The zero-order chi connectivity index (χ0) is 17.6.